The summed E-state index contributed by atoms with van der Waals surface area (Å²) in [5.41, 5.74) is 10.8. The third kappa shape index (κ3) is 8.95. The zero-order chi connectivity index (χ0) is 50.0. The molecule has 11 rings (SSSR count). The first-order valence-electron chi connectivity index (χ1n) is 24.9. The number of hydrogen-bond donors (Lipinski definition) is 2. The largest absolute Gasteiger partial charge is 0.439 e. The number of rotatable bonds is 11. The quantitative estimate of drug-likeness (QED) is 0.151. The van der Waals surface area contributed by atoms with E-state index in [1.54, 1.807) is 44.4 Å². The number of likely N-dealkylation sites (tertiary alicyclic amines) is 3. The van der Waals surface area contributed by atoms with Crippen LogP contribution < -0.4 is 16.0 Å². The van der Waals surface area contributed by atoms with Gasteiger partial charge in [0.2, 0.25) is 5.91 Å². The van der Waals surface area contributed by atoms with Crippen LogP contribution in [0.4, 0.5) is 30.0 Å². The van der Waals surface area contributed by atoms with Crippen LogP contribution in [0.15, 0.2) is 41.4 Å². The highest BCUT2D eigenvalue weighted by Crippen LogP contribution is 2.48. The minimum absolute atomic E-state index is 0.00335. The molecule has 23 heteroatoms. The number of amides is 5. The van der Waals surface area contributed by atoms with Crippen LogP contribution in [0.2, 0.25) is 0 Å². The first kappa shape index (κ1) is 47.2. The second kappa shape index (κ2) is 18.8. The van der Waals surface area contributed by atoms with Crippen molar-refractivity contribution in [3.8, 4) is 22.8 Å². The summed E-state index contributed by atoms with van der Waals surface area (Å²) < 4.78 is 46.7. The van der Waals surface area contributed by atoms with Crippen LogP contribution in [-0.2, 0) is 21.4 Å². The smallest absolute Gasteiger partial charge is 0.410 e. The summed E-state index contributed by atoms with van der Waals surface area (Å²) in [6.07, 6.45) is 9.58. The summed E-state index contributed by atoms with van der Waals surface area (Å²) in [4.78, 5) is 75.4. The molecule has 0 unspecified atom stereocenters. The van der Waals surface area contributed by atoms with Crippen molar-refractivity contribution in [3.05, 3.63) is 53.8 Å². The van der Waals surface area contributed by atoms with E-state index in [0.29, 0.717) is 127 Å². The van der Waals surface area contributed by atoms with Crippen molar-refractivity contribution in [2.75, 3.05) is 69.6 Å². The van der Waals surface area contributed by atoms with Gasteiger partial charge < -0.3 is 24.8 Å². The summed E-state index contributed by atoms with van der Waals surface area (Å²) in [7, 11) is 1.71. The summed E-state index contributed by atoms with van der Waals surface area (Å²) in [6.45, 7) is 6.32. The number of carbonyl (C=O) groups excluding carboxylic acids is 4. The number of nitrogens with one attached hydrogen (secondary N) is 1. The standard InChI is InChI=1S/C49H57F2N15O6/c1-27(2)66-46-39(43(52)55-26-56-46)40(58-66)41-38(42(72-60-41)30-4-5-30)44-53-21-32(22-54-44)29-10-17-64(18-11-29)48(70)71-24-37(68)63-15-8-28(9-16-63)23-62-14-12-34(49(50,51)25-62)31-6-7-33-35(20-31)61(3)59-45(33)65-19-13-36(67)57-47(65)69/h6-7,20-22,26-30,34H,4-5,8-19,23-25H2,1-3H3,(H2,52,55,56)(H,57,67,69)/t34-/m0/s1. The zero-order valence-electron chi connectivity index (χ0n) is 40.5. The highest BCUT2D eigenvalue weighted by molar-refractivity contribution is 6.09. The Morgan fingerprint density at radius 1 is 0.889 bits per heavy atom. The molecule has 4 aliphatic heterocycles. The summed E-state index contributed by atoms with van der Waals surface area (Å²) in [6, 6.07) is 4.61. The van der Waals surface area contributed by atoms with Crippen molar-refractivity contribution in [3.63, 3.8) is 0 Å². The first-order valence-corrected chi connectivity index (χ1v) is 24.9. The van der Waals surface area contributed by atoms with Gasteiger partial charge in [0.25, 0.3) is 11.8 Å². The molecule has 5 aliphatic rings. The third-order valence-electron chi connectivity index (χ3n) is 15.1. The van der Waals surface area contributed by atoms with Crippen LogP contribution >= 0.6 is 0 Å². The van der Waals surface area contributed by atoms with Crippen LogP contribution in [0.5, 0.6) is 0 Å². The average Bonchev–Trinajstić information content (AvgIpc) is 3.86. The van der Waals surface area contributed by atoms with Crippen LogP contribution in [0.25, 0.3) is 44.7 Å². The van der Waals surface area contributed by atoms with Gasteiger partial charge >= 0.3 is 12.1 Å². The molecule has 5 fully saturated rings. The number of nitrogens with zero attached hydrogens (tertiary/aromatic N) is 13. The van der Waals surface area contributed by atoms with Gasteiger partial charge in [-0.1, -0.05) is 11.2 Å². The van der Waals surface area contributed by atoms with Crippen LogP contribution in [0.3, 0.4) is 0 Å². The van der Waals surface area contributed by atoms with Crippen LogP contribution in [0, 0.1) is 5.92 Å². The molecule has 5 amide bonds. The van der Waals surface area contributed by atoms with Crippen molar-refractivity contribution in [1.82, 2.24) is 64.7 Å². The number of nitrogens with two attached hydrogens (primary N) is 1. The van der Waals surface area contributed by atoms with Gasteiger partial charge in [-0.05, 0) is 100 Å². The molecule has 6 aromatic rings. The van der Waals surface area contributed by atoms with E-state index in [-0.39, 0.29) is 68.1 Å². The minimum atomic E-state index is -2.98. The predicted octanol–water partition coefficient (Wildman–Crippen LogP) is 5.99. The Kier molecular flexibility index (Phi) is 12.3. The first-order chi connectivity index (χ1) is 34.7. The number of carbonyl (C=O) groups is 4. The van der Waals surface area contributed by atoms with E-state index in [2.05, 4.69) is 25.5 Å². The number of piperidine rings is 3. The molecule has 0 bridgehead atoms. The number of ether oxygens (including phenoxy) is 1. The van der Waals surface area contributed by atoms with Crippen molar-refractivity contribution in [1.29, 1.82) is 0 Å². The summed E-state index contributed by atoms with van der Waals surface area (Å²) >= 11 is 0. The molecule has 1 aromatic carbocycles. The van der Waals surface area contributed by atoms with E-state index in [0.717, 1.165) is 24.2 Å². The summed E-state index contributed by atoms with van der Waals surface area (Å²) in [5.74, 6) is -2.25. The fourth-order valence-electron chi connectivity index (χ4n) is 10.9. The van der Waals surface area contributed by atoms with Gasteiger partial charge in [0.15, 0.2) is 29.7 Å². The van der Waals surface area contributed by atoms with Gasteiger partial charge in [-0.25, -0.2) is 43.0 Å². The molecule has 9 heterocycles. The molecule has 1 saturated carbocycles. The van der Waals surface area contributed by atoms with Crippen molar-refractivity contribution in [2.24, 2.45) is 13.0 Å². The lowest BCUT2D eigenvalue weighted by molar-refractivity contribution is -0.136. The number of anilines is 2. The summed E-state index contributed by atoms with van der Waals surface area (Å²) in [5, 5.41) is 17.4. The number of halogens is 2. The SMILES string of the molecule is CC(C)n1nc(-c2noc(C3CC3)c2-c2ncc(C3CCN(C(=O)OCC(=O)N4CCC(CN5CC[C@@H](c6ccc7c(N8CCC(=O)NC8=O)nn(C)c7c6)C(F)(F)C5)CC4)CC3)cn2)c2c(N)ncnc21. The third-order valence-corrected chi connectivity index (χ3v) is 15.1. The molecular weight excluding hydrogens is 933 g/mol. The number of nitrogen functional groups attached to an aromatic ring is 1. The molecule has 4 saturated heterocycles. The lowest BCUT2D eigenvalue weighted by Gasteiger charge is -2.41. The zero-order valence-corrected chi connectivity index (χ0v) is 40.5. The minimum Gasteiger partial charge on any atom is -0.439 e. The van der Waals surface area contributed by atoms with Gasteiger partial charge in [0.05, 0.1) is 28.9 Å². The van der Waals surface area contributed by atoms with E-state index in [1.165, 1.54) is 11.2 Å². The lowest BCUT2D eigenvalue weighted by atomic mass is 9.85. The number of hydrogen-bond acceptors (Lipinski definition) is 15. The number of alkyl halides is 2. The van der Waals surface area contributed by atoms with E-state index in [1.807, 2.05) is 31.1 Å². The monoisotopic (exact) mass is 989 g/mol. The Hall–Kier alpha value is -7.17. The molecule has 0 radical (unpaired) electrons. The van der Waals surface area contributed by atoms with E-state index in [4.69, 9.17) is 30.1 Å². The number of urea groups is 1. The fourth-order valence-corrected chi connectivity index (χ4v) is 10.9. The Morgan fingerprint density at radius 3 is 2.35 bits per heavy atom. The van der Waals surface area contributed by atoms with E-state index >= 15 is 8.78 Å². The highest BCUT2D eigenvalue weighted by atomic mass is 19.3. The van der Waals surface area contributed by atoms with E-state index in [9.17, 15) is 19.2 Å². The van der Waals surface area contributed by atoms with Crippen molar-refractivity contribution in [2.45, 2.75) is 94.9 Å². The van der Waals surface area contributed by atoms with E-state index < -0.39 is 24.0 Å². The predicted molar refractivity (Wildman–Crippen MR) is 258 cm³/mol. The molecule has 1 atom stereocenters. The molecular formula is C49H57F2N15O6. The second-order valence-corrected chi connectivity index (χ2v) is 20.2. The maximum Gasteiger partial charge on any atom is 0.410 e. The number of aromatic nitrogens is 9. The van der Waals surface area contributed by atoms with Gasteiger partial charge in [0, 0.05) is 82.5 Å². The van der Waals surface area contributed by atoms with Crippen LogP contribution in [0.1, 0.15) is 106 Å². The molecule has 0 spiro atoms. The molecule has 3 N–H and O–H groups in total. The highest BCUT2D eigenvalue weighted by Gasteiger charge is 2.46. The molecule has 72 heavy (non-hydrogen) atoms. The Bertz CT molecular complexity index is 3060. The topological polar surface area (TPSA) is 242 Å². The molecule has 1 aliphatic carbocycles. The number of fused-ring (bicyclic) bond motifs is 2. The lowest BCUT2D eigenvalue weighted by Crippen LogP contribution is -2.50. The van der Waals surface area contributed by atoms with Gasteiger partial charge in [-0.2, -0.15) is 10.2 Å². The second-order valence-electron chi connectivity index (χ2n) is 20.2. The average molecular weight is 990 g/mol. The molecule has 21 nitrogen and oxygen atoms in total. The molecule has 5 aromatic heterocycles. The Morgan fingerprint density at radius 2 is 1.64 bits per heavy atom. The fraction of sp³-hybridized carbons (Fsp3) is 0.531. The Balaban J connectivity index is 0.638. The number of imide groups is 1. The maximum absolute atomic E-state index is 15.9. The van der Waals surface area contributed by atoms with Gasteiger partial charge in [0.1, 0.15) is 23.5 Å². The van der Waals surface area contributed by atoms with Gasteiger partial charge in [-0.3, -0.25) is 29.4 Å². The maximum atomic E-state index is 15.9. The van der Waals surface area contributed by atoms with Crippen LogP contribution in [-0.4, -0.2) is 148 Å². The number of aryl methyl sites for hydroxylation is 1. The van der Waals surface area contributed by atoms with Crippen molar-refractivity contribution >= 4 is 57.5 Å². The van der Waals surface area contributed by atoms with Gasteiger partial charge in [-0.15, -0.1) is 0 Å². The van der Waals surface area contributed by atoms with Crippen molar-refractivity contribution < 1.29 is 37.2 Å². The normalized spacial score (nSPS) is 20.5. The number of benzene rings is 1. The molecule has 378 valence electrons. The Labute approximate surface area is 412 Å².